The fourth-order valence-corrected chi connectivity index (χ4v) is 2.41. The number of nitrogens with two attached hydrogens (primary N) is 2. The molecule has 1 amide bonds. The Kier molecular flexibility index (Phi) is 3.74. The summed E-state index contributed by atoms with van der Waals surface area (Å²) in [6, 6.07) is 5.86. The number of nitrogens with zero attached hydrogens (tertiary/aromatic N) is 1. The second-order valence-electron chi connectivity index (χ2n) is 4.09. The first kappa shape index (κ1) is 14.0. The van der Waals surface area contributed by atoms with Crippen molar-refractivity contribution in [2.75, 3.05) is 0 Å². The number of amidine groups is 1. The lowest BCUT2D eigenvalue weighted by Crippen LogP contribution is -2.31. The number of aliphatic imine (C=N–C) groups is 1. The summed E-state index contributed by atoms with van der Waals surface area (Å²) in [4.78, 5) is 15.4. The van der Waals surface area contributed by atoms with Crippen LogP contribution in [0.1, 0.15) is 11.5 Å². The molecule has 0 radical (unpaired) electrons. The van der Waals surface area contributed by atoms with E-state index < -0.39 is 17.6 Å². The van der Waals surface area contributed by atoms with Gasteiger partial charge < -0.3 is 11.5 Å². The summed E-state index contributed by atoms with van der Waals surface area (Å²) in [6.07, 6.45) is 0. The van der Waals surface area contributed by atoms with Gasteiger partial charge in [-0.05, 0) is 11.9 Å². The van der Waals surface area contributed by atoms with Crippen LogP contribution in [-0.4, -0.2) is 17.6 Å². The molecule has 0 spiro atoms. The van der Waals surface area contributed by atoms with Gasteiger partial charge in [-0.2, -0.15) is 0 Å². The summed E-state index contributed by atoms with van der Waals surface area (Å²) in [7, 11) is 0. The first-order valence-corrected chi connectivity index (χ1v) is 6.03. The summed E-state index contributed by atoms with van der Waals surface area (Å²) in [6.45, 7) is 0. The number of thiol groups is 1. The number of hydrogen-bond donors (Lipinski definition) is 4. The Bertz CT molecular complexity index is 704. The second-order valence-corrected chi connectivity index (χ2v) is 4.52. The van der Waals surface area contributed by atoms with Crippen LogP contribution in [0.2, 0.25) is 0 Å². The standard InChI is InChI=1S/C13H11FN4OS/c14-8-4-2-1-3-6(8)9-7(5-15)11(16)18-13(20)10(9)12(17)19/h1-4,9,15,20H,(H2,16,18)(H2,17,19)/t9-/m1/s1. The van der Waals surface area contributed by atoms with E-state index in [4.69, 9.17) is 16.9 Å². The quantitative estimate of drug-likeness (QED) is 0.483. The SMILES string of the molecule is N=C=C1C(N)=NC(S)=C(C(N)=O)[C@@H]1c1ccccc1F. The maximum Gasteiger partial charge on any atom is 0.248 e. The molecule has 5 N–H and O–H groups in total. The van der Waals surface area contributed by atoms with Gasteiger partial charge >= 0.3 is 0 Å². The van der Waals surface area contributed by atoms with Gasteiger partial charge in [-0.25, -0.2) is 9.38 Å². The summed E-state index contributed by atoms with van der Waals surface area (Å²) in [5.74, 6) is -0.210. The third kappa shape index (κ3) is 2.24. The molecule has 1 aromatic rings. The molecule has 5 nitrogen and oxygen atoms in total. The smallest absolute Gasteiger partial charge is 0.248 e. The molecule has 2 rings (SSSR count). The summed E-state index contributed by atoms with van der Waals surface area (Å²) in [5, 5.41) is 7.32. The maximum absolute atomic E-state index is 14.0. The Morgan fingerprint density at radius 3 is 2.65 bits per heavy atom. The molecule has 1 atom stereocenters. The van der Waals surface area contributed by atoms with Crippen LogP contribution in [0.4, 0.5) is 4.39 Å². The van der Waals surface area contributed by atoms with Crippen LogP contribution >= 0.6 is 12.6 Å². The van der Waals surface area contributed by atoms with Gasteiger partial charge in [-0.15, -0.1) is 12.6 Å². The molecule has 102 valence electrons. The lowest BCUT2D eigenvalue weighted by Gasteiger charge is -2.24. The number of nitrogens with one attached hydrogen (secondary N) is 1. The van der Waals surface area contributed by atoms with Gasteiger partial charge in [0.25, 0.3) is 0 Å². The van der Waals surface area contributed by atoms with Gasteiger partial charge in [-0.3, -0.25) is 10.2 Å². The largest absolute Gasteiger partial charge is 0.383 e. The van der Waals surface area contributed by atoms with E-state index in [-0.39, 0.29) is 27.6 Å². The molecule has 1 aliphatic rings. The molecular weight excluding hydrogens is 279 g/mol. The monoisotopic (exact) mass is 290 g/mol. The molecule has 1 aliphatic heterocycles. The second kappa shape index (κ2) is 5.32. The molecule has 0 aliphatic carbocycles. The average Bonchev–Trinajstić information content (AvgIpc) is 2.38. The van der Waals surface area contributed by atoms with Crippen LogP contribution in [0.25, 0.3) is 0 Å². The highest BCUT2D eigenvalue weighted by Crippen LogP contribution is 2.38. The van der Waals surface area contributed by atoms with Crippen LogP contribution in [0.5, 0.6) is 0 Å². The van der Waals surface area contributed by atoms with Gasteiger partial charge in [0.15, 0.2) is 0 Å². The third-order valence-corrected chi connectivity index (χ3v) is 3.28. The van der Waals surface area contributed by atoms with E-state index in [1.807, 2.05) is 0 Å². The van der Waals surface area contributed by atoms with Gasteiger partial charge in [0, 0.05) is 5.56 Å². The predicted molar refractivity (Wildman–Crippen MR) is 77.2 cm³/mol. The molecule has 20 heavy (non-hydrogen) atoms. The van der Waals surface area contributed by atoms with Crippen molar-refractivity contribution in [3.8, 4) is 0 Å². The minimum Gasteiger partial charge on any atom is -0.383 e. The summed E-state index contributed by atoms with van der Waals surface area (Å²) >= 11 is 4.06. The predicted octanol–water partition coefficient (Wildman–Crippen LogP) is 1.08. The van der Waals surface area contributed by atoms with Crippen molar-refractivity contribution >= 4 is 30.2 Å². The van der Waals surface area contributed by atoms with E-state index in [1.165, 1.54) is 18.2 Å². The third-order valence-electron chi connectivity index (χ3n) is 2.94. The Balaban J connectivity index is 2.76. The van der Waals surface area contributed by atoms with Crippen LogP contribution in [-0.2, 0) is 4.79 Å². The number of carbonyl (C=O) groups excluding carboxylic acids is 1. The molecule has 1 heterocycles. The van der Waals surface area contributed by atoms with Crippen LogP contribution < -0.4 is 11.5 Å². The molecule has 7 heteroatoms. The normalized spacial score (nSPS) is 18.6. The number of rotatable bonds is 2. The molecule has 1 aromatic carbocycles. The van der Waals surface area contributed by atoms with Crippen LogP contribution in [0.3, 0.4) is 0 Å². The van der Waals surface area contributed by atoms with Crippen molar-refractivity contribution in [1.82, 2.24) is 0 Å². The summed E-state index contributed by atoms with van der Waals surface area (Å²) < 4.78 is 14.0. The van der Waals surface area contributed by atoms with Crippen LogP contribution in [0.15, 0.2) is 45.4 Å². The van der Waals surface area contributed by atoms with Gasteiger partial charge in [0.05, 0.1) is 17.1 Å². The Morgan fingerprint density at radius 1 is 1.45 bits per heavy atom. The van der Waals surface area contributed by atoms with Gasteiger partial charge in [-0.1, -0.05) is 18.2 Å². The first-order chi connectivity index (χ1) is 9.47. The van der Waals surface area contributed by atoms with Crippen molar-refractivity contribution in [1.29, 1.82) is 5.41 Å². The zero-order valence-electron chi connectivity index (χ0n) is 10.2. The zero-order valence-corrected chi connectivity index (χ0v) is 11.1. The van der Waals surface area contributed by atoms with E-state index in [0.29, 0.717) is 0 Å². The number of primary amides is 1. The number of carbonyl (C=O) groups is 1. The molecule has 0 aromatic heterocycles. The average molecular weight is 290 g/mol. The van der Waals surface area contributed by atoms with Gasteiger partial charge in [0.1, 0.15) is 16.7 Å². The van der Waals surface area contributed by atoms with E-state index in [2.05, 4.69) is 23.5 Å². The van der Waals surface area contributed by atoms with Crippen molar-refractivity contribution < 1.29 is 9.18 Å². The maximum atomic E-state index is 14.0. The Hall–Kier alpha value is -2.37. The highest BCUT2D eigenvalue weighted by molar-refractivity contribution is 7.84. The Labute approximate surface area is 119 Å². The molecule has 0 saturated heterocycles. The number of hydrogen-bond acceptors (Lipinski definition) is 5. The topological polar surface area (TPSA) is 105 Å². The summed E-state index contributed by atoms with van der Waals surface area (Å²) in [5.41, 5.74) is 11.3. The minimum absolute atomic E-state index is 0.0117. The molecular formula is C13H11FN4OS. The lowest BCUT2D eigenvalue weighted by atomic mass is 9.83. The zero-order chi connectivity index (χ0) is 14.9. The van der Waals surface area contributed by atoms with E-state index in [9.17, 15) is 9.18 Å². The van der Waals surface area contributed by atoms with E-state index in [0.717, 1.165) is 0 Å². The lowest BCUT2D eigenvalue weighted by molar-refractivity contribution is -0.114. The number of amides is 1. The minimum atomic E-state index is -0.934. The van der Waals surface area contributed by atoms with Crippen molar-refractivity contribution in [2.24, 2.45) is 16.5 Å². The molecule has 0 saturated carbocycles. The van der Waals surface area contributed by atoms with Crippen molar-refractivity contribution in [2.45, 2.75) is 5.92 Å². The highest BCUT2D eigenvalue weighted by Gasteiger charge is 2.34. The highest BCUT2D eigenvalue weighted by atomic mass is 32.1. The van der Waals surface area contributed by atoms with Gasteiger partial charge in [0.2, 0.25) is 5.91 Å². The number of halogens is 1. The van der Waals surface area contributed by atoms with Crippen molar-refractivity contribution in [3.63, 3.8) is 0 Å². The van der Waals surface area contributed by atoms with E-state index in [1.54, 1.807) is 6.07 Å². The Morgan fingerprint density at radius 2 is 2.10 bits per heavy atom. The van der Waals surface area contributed by atoms with Crippen LogP contribution in [0, 0.1) is 11.2 Å². The number of benzene rings is 1. The first-order valence-electron chi connectivity index (χ1n) is 5.58. The molecule has 0 fully saturated rings. The molecule has 0 unspecified atom stereocenters. The fraction of sp³-hybridized carbons (Fsp3) is 0.0769. The van der Waals surface area contributed by atoms with Crippen molar-refractivity contribution in [3.05, 3.63) is 51.8 Å². The fourth-order valence-electron chi connectivity index (χ4n) is 2.06. The molecule has 0 bridgehead atoms. The van der Waals surface area contributed by atoms with E-state index >= 15 is 0 Å².